The van der Waals surface area contributed by atoms with Crippen molar-refractivity contribution < 1.29 is 0 Å². The maximum atomic E-state index is 3.46. The quantitative estimate of drug-likeness (QED) is 0.832. The number of hydrogen-bond donors (Lipinski definition) is 1. The van der Waals surface area contributed by atoms with E-state index >= 15 is 0 Å². The molecule has 1 aliphatic rings. The molecule has 1 atom stereocenters. The molecular formula is C16H27NS. The second-order valence-electron chi connectivity index (χ2n) is 6.22. The van der Waals surface area contributed by atoms with Crippen molar-refractivity contribution >= 4 is 11.3 Å². The minimum atomic E-state index is 0.503. The Morgan fingerprint density at radius 3 is 2.83 bits per heavy atom. The fourth-order valence-electron chi connectivity index (χ4n) is 2.94. The van der Waals surface area contributed by atoms with Crippen LogP contribution in [0.25, 0.3) is 0 Å². The molecule has 2 heteroatoms. The first-order valence-electron chi connectivity index (χ1n) is 7.37. The van der Waals surface area contributed by atoms with Crippen molar-refractivity contribution in [3.8, 4) is 0 Å². The first-order valence-corrected chi connectivity index (χ1v) is 8.25. The Balaban J connectivity index is 2.09. The molecule has 0 spiro atoms. The van der Waals surface area contributed by atoms with Crippen molar-refractivity contribution in [1.82, 2.24) is 5.32 Å². The van der Waals surface area contributed by atoms with E-state index in [0.717, 1.165) is 19.0 Å². The third kappa shape index (κ3) is 2.80. The average molecular weight is 265 g/mol. The molecule has 0 aromatic carbocycles. The normalized spacial score (nSPS) is 19.9. The highest BCUT2D eigenvalue weighted by Crippen LogP contribution is 2.42. The highest BCUT2D eigenvalue weighted by Gasteiger charge is 2.32. The monoisotopic (exact) mass is 265 g/mol. The molecule has 0 saturated heterocycles. The second kappa shape index (κ2) is 5.75. The Labute approximate surface area is 116 Å². The van der Waals surface area contributed by atoms with Gasteiger partial charge in [0.15, 0.2) is 0 Å². The van der Waals surface area contributed by atoms with Gasteiger partial charge >= 0.3 is 0 Å². The van der Waals surface area contributed by atoms with Crippen LogP contribution in [-0.4, -0.2) is 6.54 Å². The molecule has 0 fully saturated rings. The number of nitrogens with one attached hydrogen (secondary N) is 1. The van der Waals surface area contributed by atoms with Gasteiger partial charge in [0, 0.05) is 11.4 Å². The van der Waals surface area contributed by atoms with Crippen LogP contribution in [0.3, 0.4) is 0 Å². The summed E-state index contributed by atoms with van der Waals surface area (Å²) in [6.45, 7) is 11.5. The van der Waals surface area contributed by atoms with Crippen molar-refractivity contribution in [2.24, 2.45) is 11.3 Å². The minimum Gasteiger partial charge on any atom is -0.313 e. The van der Waals surface area contributed by atoms with Gasteiger partial charge in [-0.1, -0.05) is 34.1 Å². The van der Waals surface area contributed by atoms with Crippen LogP contribution in [0.4, 0.5) is 0 Å². The second-order valence-corrected chi connectivity index (χ2v) is 7.19. The summed E-state index contributed by atoms with van der Waals surface area (Å²) in [6, 6.07) is 0. The van der Waals surface area contributed by atoms with Crippen molar-refractivity contribution in [2.45, 2.75) is 59.9 Å². The van der Waals surface area contributed by atoms with Gasteiger partial charge in [0.1, 0.15) is 0 Å². The maximum absolute atomic E-state index is 3.46. The lowest BCUT2D eigenvalue weighted by Gasteiger charge is -2.36. The van der Waals surface area contributed by atoms with E-state index in [1.165, 1.54) is 25.7 Å². The van der Waals surface area contributed by atoms with Crippen molar-refractivity contribution in [3.63, 3.8) is 0 Å². The predicted octanol–water partition coefficient (Wildman–Crippen LogP) is 4.40. The van der Waals surface area contributed by atoms with Crippen LogP contribution in [0.1, 0.15) is 56.5 Å². The van der Waals surface area contributed by atoms with Gasteiger partial charge in [0.05, 0.1) is 0 Å². The lowest BCUT2D eigenvalue weighted by atomic mass is 9.69. The maximum Gasteiger partial charge on any atom is 0.0216 e. The van der Waals surface area contributed by atoms with Crippen LogP contribution >= 0.6 is 11.3 Å². The zero-order valence-corrected chi connectivity index (χ0v) is 13.1. The van der Waals surface area contributed by atoms with E-state index in [0.29, 0.717) is 5.41 Å². The number of fused-ring (bicyclic) bond motifs is 1. The lowest BCUT2D eigenvalue weighted by Crippen LogP contribution is -2.28. The van der Waals surface area contributed by atoms with E-state index in [4.69, 9.17) is 0 Å². The van der Waals surface area contributed by atoms with Gasteiger partial charge in [-0.3, -0.25) is 0 Å². The number of rotatable bonds is 5. The van der Waals surface area contributed by atoms with Gasteiger partial charge < -0.3 is 5.32 Å². The number of hydrogen-bond acceptors (Lipinski definition) is 2. The van der Waals surface area contributed by atoms with E-state index in [1.807, 2.05) is 11.3 Å². The predicted molar refractivity (Wildman–Crippen MR) is 81.3 cm³/mol. The largest absolute Gasteiger partial charge is 0.313 e. The summed E-state index contributed by atoms with van der Waals surface area (Å²) >= 11 is 1.99. The summed E-state index contributed by atoms with van der Waals surface area (Å²) in [5, 5.41) is 5.84. The Morgan fingerprint density at radius 2 is 2.17 bits per heavy atom. The summed E-state index contributed by atoms with van der Waals surface area (Å²) in [7, 11) is 0. The highest BCUT2D eigenvalue weighted by molar-refractivity contribution is 7.10. The first-order chi connectivity index (χ1) is 8.58. The molecule has 1 nitrogen and oxygen atoms in total. The Morgan fingerprint density at radius 1 is 1.39 bits per heavy atom. The zero-order chi connectivity index (χ0) is 13.2. The van der Waals surface area contributed by atoms with Crippen LogP contribution in [0.15, 0.2) is 5.38 Å². The van der Waals surface area contributed by atoms with Gasteiger partial charge in [-0.05, 0) is 53.6 Å². The summed E-state index contributed by atoms with van der Waals surface area (Å²) in [4.78, 5) is 1.67. The molecular weight excluding hydrogens is 238 g/mol. The SMILES string of the molecule is CCNCc1csc2c1CCC(C(C)(C)CC)C2. The van der Waals surface area contributed by atoms with Gasteiger partial charge in [0.25, 0.3) is 0 Å². The lowest BCUT2D eigenvalue weighted by molar-refractivity contribution is 0.184. The molecule has 0 saturated carbocycles. The molecule has 0 aliphatic heterocycles. The van der Waals surface area contributed by atoms with Gasteiger partial charge in [-0.25, -0.2) is 0 Å². The standard InChI is InChI=1S/C16H27NS/c1-5-16(3,4)13-7-8-14-12(10-17-6-2)11-18-15(14)9-13/h11,13,17H,5-10H2,1-4H3. The van der Waals surface area contributed by atoms with Crippen molar-refractivity contribution in [3.05, 3.63) is 21.4 Å². The molecule has 1 heterocycles. The zero-order valence-electron chi connectivity index (χ0n) is 12.3. The fourth-order valence-corrected chi connectivity index (χ4v) is 4.13. The van der Waals surface area contributed by atoms with E-state index in [2.05, 4.69) is 38.4 Å². The Kier molecular flexibility index (Phi) is 4.50. The Bertz CT molecular complexity index is 392. The topological polar surface area (TPSA) is 12.0 Å². The smallest absolute Gasteiger partial charge is 0.0216 e. The molecule has 0 radical (unpaired) electrons. The van der Waals surface area contributed by atoms with E-state index in [-0.39, 0.29) is 0 Å². The number of thiophene rings is 1. The van der Waals surface area contributed by atoms with Gasteiger partial charge in [-0.2, -0.15) is 0 Å². The van der Waals surface area contributed by atoms with Crippen molar-refractivity contribution in [2.75, 3.05) is 6.54 Å². The van der Waals surface area contributed by atoms with E-state index in [1.54, 1.807) is 16.0 Å². The fraction of sp³-hybridized carbons (Fsp3) is 0.750. The molecule has 1 aromatic rings. The summed E-state index contributed by atoms with van der Waals surface area (Å²) in [5.41, 5.74) is 3.73. The molecule has 1 aliphatic carbocycles. The molecule has 18 heavy (non-hydrogen) atoms. The van der Waals surface area contributed by atoms with Gasteiger partial charge in [-0.15, -0.1) is 11.3 Å². The average Bonchev–Trinajstić information content (AvgIpc) is 2.78. The van der Waals surface area contributed by atoms with Crippen LogP contribution in [-0.2, 0) is 19.4 Å². The molecule has 0 amide bonds. The summed E-state index contributed by atoms with van der Waals surface area (Å²) in [6.07, 6.45) is 5.28. The molecule has 1 N–H and O–H groups in total. The van der Waals surface area contributed by atoms with E-state index < -0.39 is 0 Å². The third-order valence-electron chi connectivity index (χ3n) is 4.82. The molecule has 1 aromatic heterocycles. The van der Waals surface area contributed by atoms with Crippen LogP contribution < -0.4 is 5.32 Å². The van der Waals surface area contributed by atoms with E-state index in [9.17, 15) is 0 Å². The molecule has 2 rings (SSSR count). The van der Waals surface area contributed by atoms with Crippen LogP contribution in [0.2, 0.25) is 0 Å². The van der Waals surface area contributed by atoms with Crippen LogP contribution in [0.5, 0.6) is 0 Å². The Hall–Kier alpha value is -0.340. The first kappa shape index (κ1) is 14.1. The summed E-state index contributed by atoms with van der Waals surface area (Å²) in [5.74, 6) is 0.876. The molecule has 0 bridgehead atoms. The summed E-state index contributed by atoms with van der Waals surface area (Å²) < 4.78 is 0. The minimum absolute atomic E-state index is 0.503. The third-order valence-corrected chi connectivity index (χ3v) is 5.92. The van der Waals surface area contributed by atoms with Crippen LogP contribution in [0, 0.1) is 11.3 Å². The molecule has 102 valence electrons. The molecule has 1 unspecified atom stereocenters. The highest BCUT2D eigenvalue weighted by atomic mass is 32.1. The van der Waals surface area contributed by atoms with Crippen molar-refractivity contribution in [1.29, 1.82) is 0 Å². The van der Waals surface area contributed by atoms with Gasteiger partial charge in [0.2, 0.25) is 0 Å².